The standard InChI is InChI=1S/C25H27N3O2/c1-30-23-10-8-19(9-11-23)15-25(29)27-17-24(21-7-4-13-26-16-21)28-14-12-20-5-2-3-6-22(20)18-28/h2-11,13,16,24H,12,14-15,17-18H2,1H3,(H,27,29). The minimum atomic E-state index is 0.0199. The van der Waals surface area contributed by atoms with Crippen LogP contribution in [0.1, 0.15) is 28.3 Å². The van der Waals surface area contributed by atoms with Crippen molar-refractivity contribution in [1.82, 2.24) is 15.2 Å². The van der Waals surface area contributed by atoms with Gasteiger partial charge < -0.3 is 10.1 Å². The summed E-state index contributed by atoms with van der Waals surface area (Å²) in [5, 5.41) is 3.14. The van der Waals surface area contributed by atoms with Gasteiger partial charge in [-0.1, -0.05) is 42.5 Å². The third-order valence-electron chi connectivity index (χ3n) is 5.69. The van der Waals surface area contributed by atoms with E-state index in [1.807, 2.05) is 36.5 Å². The molecule has 0 radical (unpaired) electrons. The van der Waals surface area contributed by atoms with Gasteiger partial charge in [-0.25, -0.2) is 0 Å². The van der Waals surface area contributed by atoms with Gasteiger partial charge in [0.2, 0.25) is 5.91 Å². The number of ether oxygens (including phenoxy) is 1. The molecule has 0 aliphatic carbocycles. The van der Waals surface area contributed by atoms with Gasteiger partial charge in [-0.2, -0.15) is 0 Å². The zero-order valence-electron chi connectivity index (χ0n) is 17.3. The van der Waals surface area contributed by atoms with Gasteiger partial charge in [-0.15, -0.1) is 0 Å². The highest BCUT2D eigenvalue weighted by atomic mass is 16.5. The summed E-state index contributed by atoms with van der Waals surface area (Å²) in [6.45, 7) is 2.40. The topological polar surface area (TPSA) is 54.5 Å². The lowest BCUT2D eigenvalue weighted by Gasteiger charge is -2.36. The Morgan fingerprint density at radius 3 is 2.63 bits per heavy atom. The Labute approximate surface area is 177 Å². The summed E-state index contributed by atoms with van der Waals surface area (Å²) >= 11 is 0. The molecule has 5 heteroatoms. The summed E-state index contributed by atoms with van der Waals surface area (Å²) in [4.78, 5) is 19.3. The molecule has 1 amide bonds. The lowest BCUT2D eigenvalue weighted by molar-refractivity contribution is -0.120. The number of hydrogen-bond donors (Lipinski definition) is 1. The summed E-state index contributed by atoms with van der Waals surface area (Å²) in [7, 11) is 1.64. The number of nitrogens with one attached hydrogen (secondary N) is 1. The molecule has 3 aromatic rings. The van der Waals surface area contributed by atoms with E-state index in [1.165, 1.54) is 11.1 Å². The number of carbonyl (C=O) groups excluding carboxylic acids is 1. The Bertz CT molecular complexity index is 973. The summed E-state index contributed by atoms with van der Waals surface area (Å²) < 4.78 is 5.18. The Kier molecular flexibility index (Phi) is 6.40. The lowest BCUT2D eigenvalue weighted by Crippen LogP contribution is -2.41. The third kappa shape index (κ3) is 4.86. The highest BCUT2D eigenvalue weighted by Gasteiger charge is 2.25. The Morgan fingerprint density at radius 2 is 1.90 bits per heavy atom. The molecule has 2 aromatic carbocycles. The second-order valence-corrected chi connectivity index (χ2v) is 7.62. The Morgan fingerprint density at radius 1 is 1.10 bits per heavy atom. The molecule has 1 aromatic heterocycles. The summed E-state index contributed by atoms with van der Waals surface area (Å²) in [5.41, 5.74) is 4.88. The molecule has 30 heavy (non-hydrogen) atoms. The monoisotopic (exact) mass is 401 g/mol. The number of fused-ring (bicyclic) bond motifs is 1. The van der Waals surface area contributed by atoms with Crippen molar-refractivity contribution >= 4 is 5.91 Å². The first kappa shape index (κ1) is 20.1. The van der Waals surface area contributed by atoms with Crippen molar-refractivity contribution in [3.05, 3.63) is 95.3 Å². The molecule has 1 unspecified atom stereocenters. The molecule has 5 nitrogen and oxygen atoms in total. The second kappa shape index (κ2) is 9.55. The fraction of sp³-hybridized carbons (Fsp3) is 0.280. The van der Waals surface area contributed by atoms with Crippen LogP contribution in [-0.4, -0.2) is 36.0 Å². The van der Waals surface area contributed by atoms with E-state index in [0.717, 1.165) is 36.4 Å². The molecular formula is C25H27N3O2. The molecule has 1 aliphatic rings. The maximum atomic E-state index is 12.6. The summed E-state index contributed by atoms with van der Waals surface area (Å²) in [5.74, 6) is 0.813. The maximum absolute atomic E-state index is 12.6. The average Bonchev–Trinajstić information content (AvgIpc) is 2.80. The van der Waals surface area contributed by atoms with E-state index in [0.29, 0.717) is 13.0 Å². The van der Waals surface area contributed by atoms with Crippen LogP contribution in [-0.2, 0) is 24.2 Å². The molecule has 2 heterocycles. The molecule has 4 rings (SSSR count). The van der Waals surface area contributed by atoms with E-state index >= 15 is 0 Å². The molecule has 0 saturated heterocycles. The minimum Gasteiger partial charge on any atom is -0.497 e. The normalized spacial score (nSPS) is 14.6. The van der Waals surface area contributed by atoms with Crippen LogP contribution in [0.2, 0.25) is 0 Å². The van der Waals surface area contributed by atoms with Gasteiger partial charge in [0.05, 0.1) is 19.6 Å². The van der Waals surface area contributed by atoms with E-state index < -0.39 is 0 Å². The van der Waals surface area contributed by atoms with E-state index in [9.17, 15) is 4.79 Å². The van der Waals surface area contributed by atoms with Gasteiger partial charge in [-0.05, 0) is 46.9 Å². The van der Waals surface area contributed by atoms with Crippen LogP contribution in [0, 0.1) is 0 Å². The summed E-state index contributed by atoms with van der Waals surface area (Å²) in [6.07, 6.45) is 5.06. The van der Waals surface area contributed by atoms with Crippen LogP contribution in [0.5, 0.6) is 5.75 Å². The van der Waals surface area contributed by atoms with Crippen LogP contribution in [0.25, 0.3) is 0 Å². The summed E-state index contributed by atoms with van der Waals surface area (Å²) in [6, 6.07) is 20.4. The van der Waals surface area contributed by atoms with E-state index in [4.69, 9.17) is 4.74 Å². The first-order valence-electron chi connectivity index (χ1n) is 10.3. The van der Waals surface area contributed by atoms with Gasteiger partial charge >= 0.3 is 0 Å². The van der Waals surface area contributed by atoms with Gasteiger partial charge in [0.15, 0.2) is 0 Å². The Hall–Kier alpha value is -3.18. The Balaban J connectivity index is 1.44. The molecule has 1 N–H and O–H groups in total. The molecule has 0 bridgehead atoms. The van der Waals surface area contributed by atoms with E-state index in [2.05, 4.69) is 45.5 Å². The molecule has 1 aliphatic heterocycles. The van der Waals surface area contributed by atoms with Gasteiger partial charge in [0, 0.05) is 32.0 Å². The number of nitrogens with zero attached hydrogens (tertiary/aromatic N) is 2. The maximum Gasteiger partial charge on any atom is 0.224 e. The number of pyridine rings is 1. The van der Waals surface area contributed by atoms with Crippen LogP contribution in [0.4, 0.5) is 0 Å². The van der Waals surface area contributed by atoms with Crippen molar-refractivity contribution in [2.45, 2.75) is 25.4 Å². The zero-order chi connectivity index (χ0) is 20.8. The van der Waals surface area contributed by atoms with Crippen molar-refractivity contribution in [3.8, 4) is 5.75 Å². The van der Waals surface area contributed by atoms with Crippen LogP contribution in [0.15, 0.2) is 73.1 Å². The fourth-order valence-electron chi connectivity index (χ4n) is 4.02. The molecule has 0 spiro atoms. The molecule has 154 valence electrons. The first-order chi connectivity index (χ1) is 14.7. The van der Waals surface area contributed by atoms with E-state index in [-0.39, 0.29) is 11.9 Å². The molecule has 0 fully saturated rings. The predicted molar refractivity (Wildman–Crippen MR) is 117 cm³/mol. The smallest absolute Gasteiger partial charge is 0.224 e. The van der Waals surface area contributed by atoms with E-state index in [1.54, 1.807) is 13.3 Å². The number of aromatic nitrogens is 1. The first-order valence-corrected chi connectivity index (χ1v) is 10.3. The van der Waals surface area contributed by atoms with Gasteiger partial charge in [0.25, 0.3) is 0 Å². The largest absolute Gasteiger partial charge is 0.497 e. The fourth-order valence-corrected chi connectivity index (χ4v) is 4.02. The number of hydrogen-bond acceptors (Lipinski definition) is 4. The number of rotatable bonds is 7. The zero-order valence-corrected chi connectivity index (χ0v) is 17.3. The van der Waals surface area contributed by atoms with Crippen molar-refractivity contribution < 1.29 is 9.53 Å². The van der Waals surface area contributed by atoms with Gasteiger partial charge in [0.1, 0.15) is 5.75 Å². The quantitative estimate of drug-likeness (QED) is 0.658. The minimum absolute atomic E-state index is 0.0199. The molecule has 0 saturated carbocycles. The van der Waals surface area contributed by atoms with Crippen molar-refractivity contribution in [2.24, 2.45) is 0 Å². The number of amides is 1. The molecule has 1 atom stereocenters. The van der Waals surface area contributed by atoms with Crippen molar-refractivity contribution in [2.75, 3.05) is 20.2 Å². The highest BCUT2D eigenvalue weighted by Crippen LogP contribution is 2.27. The number of benzene rings is 2. The van der Waals surface area contributed by atoms with Crippen LogP contribution < -0.4 is 10.1 Å². The average molecular weight is 402 g/mol. The van der Waals surface area contributed by atoms with Crippen LogP contribution in [0.3, 0.4) is 0 Å². The highest BCUT2D eigenvalue weighted by molar-refractivity contribution is 5.78. The van der Waals surface area contributed by atoms with Crippen molar-refractivity contribution in [1.29, 1.82) is 0 Å². The number of methoxy groups -OCH3 is 1. The van der Waals surface area contributed by atoms with Gasteiger partial charge in [-0.3, -0.25) is 14.7 Å². The SMILES string of the molecule is COc1ccc(CC(=O)NCC(c2cccnc2)N2CCc3ccccc3C2)cc1. The molecular weight excluding hydrogens is 374 g/mol. The van der Waals surface area contributed by atoms with Crippen LogP contribution >= 0.6 is 0 Å². The third-order valence-corrected chi connectivity index (χ3v) is 5.69. The number of carbonyl (C=O) groups is 1. The predicted octanol–water partition coefficient (Wildman–Crippen LogP) is 3.55. The lowest BCUT2D eigenvalue weighted by atomic mass is 9.97. The second-order valence-electron chi connectivity index (χ2n) is 7.62. The van der Waals surface area contributed by atoms with Crippen molar-refractivity contribution in [3.63, 3.8) is 0 Å².